The number of nitrogens with zero attached hydrogens (tertiary/aromatic N) is 2. The number of rotatable bonds is 1. The zero-order valence-corrected chi connectivity index (χ0v) is 8.58. The van der Waals surface area contributed by atoms with Gasteiger partial charge in [0.05, 0.1) is 0 Å². The molecule has 0 fully saturated rings. The third kappa shape index (κ3) is 1.29. The van der Waals surface area contributed by atoms with Crippen molar-refractivity contribution < 1.29 is 4.39 Å². The number of aromatic nitrogens is 2. The van der Waals surface area contributed by atoms with Crippen LogP contribution in [-0.2, 0) is 7.05 Å². The summed E-state index contributed by atoms with van der Waals surface area (Å²) >= 11 is 0. The van der Waals surface area contributed by atoms with Crippen molar-refractivity contribution in [2.75, 3.05) is 0 Å². The molecule has 2 nitrogen and oxygen atoms in total. The van der Waals surface area contributed by atoms with Gasteiger partial charge in [-0.15, -0.1) is 0 Å². The van der Waals surface area contributed by atoms with Gasteiger partial charge in [0.1, 0.15) is 5.52 Å². The summed E-state index contributed by atoms with van der Waals surface area (Å²) in [4.78, 5) is 0. The van der Waals surface area contributed by atoms with Crippen LogP contribution >= 0.6 is 0 Å². The monoisotopic (exact) mass is 192 g/mol. The largest absolute Gasteiger partial charge is 0.274 e. The minimum atomic E-state index is -0.245. The Bertz CT molecular complexity index is 471. The fourth-order valence-electron chi connectivity index (χ4n) is 1.71. The van der Waals surface area contributed by atoms with Gasteiger partial charge in [0.2, 0.25) is 0 Å². The molecule has 0 amide bonds. The number of aryl methyl sites for hydroxylation is 1. The van der Waals surface area contributed by atoms with Gasteiger partial charge in [0.25, 0.3) is 0 Å². The van der Waals surface area contributed by atoms with Gasteiger partial charge in [-0.25, -0.2) is 4.39 Å². The van der Waals surface area contributed by atoms with Crippen molar-refractivity contribution in [3.8, 4) is 0 Å². The highest BCUT2D eigenvalue weighted by Gasteiger charge is 2.11. The highest BCUT2D eigenvalue weighted by atomic mass is 19.1. The molecule has 2 aromatic rings. The molecule has 1 aromatic heterocycles. The quantitative estimate of drug-likeness (QED) is 0.679. The van der Waals surface area contributed by atoms with E-state index in [-0.39, 0.29) is 5.82 Å². The Balaban J connectivity index is 2.81. The lowest BCUT2D eigenvalue weighted by Gasteiger charge is -2.05. The zero-order valence-electron chi connectivity index (χ0n) is 8.58. The Labute approximate surface area is 82.3 Å². The van der Waals surface area contributed by atoms with Crippen molar-refractivity contribution in [3.05, 3.63) is 29.7 Å². The van der Waals surface area contributed by atoms with Gasteiger partial charge < -0.3 is 0 Å². The van der Waals surface area contributed by atoms with E-state index in [1.165, 1.54) is 6.07 Å². The summed E-state index contributed by atoms with van der Waals surface area (Å²) in [6, 6.07) is 3.33. The molecule has 0 atom stereocenters. The molecule has 0 bridgehead atoms. The zero-order chi connectivity index (χ0) is 10.3. The molecule has 0 spiro atoms. The van der Waals surface area contributed by atoms with Crippen molar-refractivity contribution in [1.29, 1.82) is 0 Å². The molecule has 0 saturated carbocycles. The molecule has 0 radical (unpaired) electrons. The van der Waals surface area contributed by atoms with E-state index in [9.17, 15) is 4.39 Å². The third-order valence-corrected chi connectivity index (χ3v) is 2.40. The first-order valence-electron chi connectivity index (χ1n) is 4.71. The van der Waals surface area contributed by atoms with E-state index in [1.807, 2.05) is 19.3 Å². The Morgan fingerprint density at radius 3 is 2.71 bits per heavy atom. The molecule has 3 heteroatoms. The van der Waals surface area contributed by atoms with Crippen molar-refractivity contribution >= 4 is 10.9 Å². The van der Waals surface area contributed by atoms with E-state index in [0.29, 0.717) is 11.4 Å². The first-order chi connectivity index (χ1) is 6.59. The second-order valence-corrected chi connectivity index (χ2v) is 3.86. The van der Waals surface area contributed by atoms with Crippen LogP contribution in [0.25, 0.3) is 10.9 Å². The van der Waals surface area contributed by atoms with Gasteiger partial charge in [-0.3, -0.25) is 4.68 Å². The topological polar surface area (TPSA) is 17.8 Å². The van der Waals surface area contributed by atoms with Crippen LogP contribution in [0.4, 0.5) is 4.39 Å². The molecule has 0 aliphatic heterocycles. The number of hydrogen-bond donors (Lipinski definition) is 0. The van der Waals surface area contributed by atoms with Gasteiger partial charge in [0.15, 0.2) is 5.82 Å². The lowest BCUT2D eigenvalue weighted by Crippen LogP contribution is -1.89. The van der Waals surface area contributed by atoms with Crippen LogP contribution < -0.4 is 0 Å². The van der Waals surface area contributed by atoms with Gasteiger partial charge in [-0.05, 0) is 17.5 Å². The molecule has 2 rings (SSSR count). The smallest absolute Gasteiger partial charge is 0.151 e. The van der Waals surface area contributed by atoms with Gasteiger partial charge >= 0.3 is 0 Å². The molecule has 0 N–H and O–H groups in total. The molecule has 1 aromatic carbocycles. The van der Waals surface area contributed by atoms with E-state index in [1.54, 1.807) is 4.68 Å². The maximum atomic E-state index is 13.4. The van der Waals surface area contributed by atoms with Crippen molar-refractivity contribution in [2.24, 2.45) is 7.05 Å². The van der Waals surface area contributed by atoms with Gasteiger partial charge in [-0.2, -0.15) is 5.10 Å². The summed E-state index contributed by atoms with van der Waals surface area (Å²) in [6.45, 7) is 4.19. The average Bonchev–Trinajstić information content (AvgIpc) is 2.47. The third-order valence-electron chi connectivity index (χ3n) is 2.40. The molecular formula is C11H13FN2. The van der Waals surface area contributed by atoms with Crippen LogP contribution in [-0.4, -0.2) is 9.78 Å². The molecular weight excluding hydrogens is 179 g/mol. The molecule has 0 aliphatic carbocycles. The second kappa shape index (κ2) is 3.08. The highest BCUT2D eigenvalue weighted by molar-refractivity contribution is 5.82. The molecule has 0 unspecified atom stereocenters. The van der Waals surface area contributed by atoms with E-state index in [2.05, 4.69) is 18.9 Å². The number of hydrogen-bond acceptors (Lipinski definition) is 1. The predicted octanol–water partition coefficient (Wildman–Crippen LogP) is 2.84. The van der Waals surface area contributed by atoms with Crippen LogP contribution in [0.5, 0.6) is 0 Å². The fourth-order valence-corrected chi connectivity index (χ4v) is 1.71. The summed E-state index contributed by atoms with van der Waals surface area (Å²) in [5.41, 5.74) is 1.62. The Hall–Kier alpha value is -1.38. The van der Waals surface area contributed by atoms with Crippen molar-refractivity contribution in [3.63, 3.8) is 0 Å². The Kier molecular flexibility index (Phi) is 2.02. The lowest BCUT2D eigenvalue weighted by molar-refractivity contribution is 0.631. The normalized spacial score (nSPS) is 11.5. The molecule has 0 aliphatic rings. The fraction of sp³-hybridized carbons (Fsp3) is 0.364. The van der Waals surface area contributed by atoms with E-state index >= 15 is 0 Å². The van der Waals surface area contributed by atoms with Crippen LogP contribution in [0.1, 0.15) is 25.3 Å². The first kappa shape index (κ1) is 9.19. The van der Waals surface area contributed by atoms with Crippen LogP contribution in [0, 0.1) is 5.82 Å². The Morgan fingerprint density at radius 1 is 1.36 bits per heavy atom. The number of fused-ring (bicyclic) bond motifs is 1. The maximum Gasteiger partial charge on any atom is 0.151 e. The lowest BCUT2D eigenvalue weighted by atomic mass is 9.99. The van der Waals surface area contributed by atoms with E-state index in [0.717, 1.165) is 10.9 Å². The predicted molar refractivity (Wildman–Crippen MR) is 54.8 cm³/mol. The maximum absolute atomic E-state index is 13.4. The summed E-state index contributed by atoms with van der Waals surface area (Å²) in [5, 5.41) is 5.02. The Morgan fingerprint density at radius 2 is 2.07 bits per heavy atom. The van der Waals surface area contributed by atoms with Gasteiger partial charge in [-0.1, -0.05) is 19.9 Å². The summed E-state index contributed by atoms with van der Waals surface area (Å²) in [7, 11) is 1.81. The van der Waals surface area contributed by atoms with Crippen molar-refractivity contribution in [1.82, 2.24) is 9.78 Å². The molecule has 14 heavy (non-hydrogen) atoms. The first-order valence-corrected chi connectivity index (χ1v) is 4.71. The average molecular weight is 192 g/mol. The summed E-state index contributed by atoms with van der Waals surface area (Å²) < 4.78 is 15.0. The molecule has 1 heterocycles. The van der Waals surface area contributed by atoms with Gasteiger partial charge in [0, 0.05) is 18.6 Å². The molecule has 74 valence electrons. The molecule has 0 saturated heterocycles. The number of halogens is 1. The van der Waals surface area contributed by atoms with Crippen molar-refractivity contribution in [2.45, 2.75) is 19.8 Å². The SMILES string of the molecule is CC(C)c1ccc(F)c2nn(C)cc12. The van der Waals surface area contributed by atoms with Crippen LogP contribution in [0.3, 0.4) is 0 Å². The van der Waals surface area contributed by atoms with E-state index < -0.39 is 0 Å². The summed E-state index contributed by atoms with van der Waals surface area (Å²) in [6.07, 6.45) is 1.87. The second-order valence-electron chi connectivity index (χ2n) is 3.86. The standard InChI is InChI=1S/C11H13FN2/c1-7(2)8-4-5-10(12)11-9(8)6-14(3)13-11/h4-7H,1-3H3. The van der Waals surface area contributed by atoms with Crippen LogP contribution in [0.15, 0.2) is 18.3 Å². The minimum Gasteiger partial charge on any atom is -0.274 e. The summed E-state index contributed by atoms with van der Waals surface area (Å²) in [5.74, 6) is 0.146. The van der Waals surface area contributed by atoms with E-state index in [4.69, 9.17) is 0 Å². The minimum absolute atomic E-state index is 0.245. The van der Waals surface area contributed by atoms with Crippen LogP contribution in [0.2, 0.25) is 0 Å². The number of benzene rings is 1. The highest BCUT2D eigenvalue weighted by Crippen LogP contribution is 2.26.